The number of carbonyl (C=O) groups is 1. The van der Waals surface area contributed by atoms with Gasteiger partial charge in [0.05, 0.1) is 21.1 Å². The van der Waals surface area contributed by atoms with Crippen molar-refractivity contribution < 1.29 is 9.21 Å². The second-order valence-electron chi connectivity index (χ2n) is 5.59. The summed E-state index contributed by atoms with van der Waals surface area (Å²) >= 11 is 13.6. The van der Waals surface area contributed by atoms with Crippen molar-refractivity contribution in [2.24, 2.45) is 0 Å². The molecule has 0 fully saturated rings. The van der Waals surface area contributed by atoms with E-state index in [0.29, 0.717) is 25.8 Å². The number of halogens is 2. The van der Waals surface area contributed by atoms with Crippen LogP contribution in [0.4, 0.5) is 5.69 Å². The minimum atomic E-state index is -0.217. The van der Waals surface area contributed by atoms with Gasteiger partial charge in [-0.25, -0.2) is 4.98 Å². The summed E-state index contributed by atoms with van der Waals surface area (Å²) in [6.45, 7) is 3.55. The van der Waals surface area contributed by atoms with E-state index in [0.717, 1.165) is 35.8 Å². The number of carbonyl (C=O) groups excluding carboxylic acids is 1. The van der Waals surface area contributed by atoms with E-state index in [1.807, 2.05) is 6.07 Å². The fourth-order valence-electron chi connectivity index (χ4n) is 2.68. The number of ketones is 1. The van der Waals surface area contributed by atoms with Gasteiger partial charge in [0.1, 0.15) is 4.34 Å². The highest BCUT2D eigenvalue weighted by Crippen LogP contribution is 2.40. The molecule has 0 aliphatic rings. The molecule has 3 aromatic heterocycles. The lowest BCUT2D eigenvalue weighted by Crippen LogP contribution is -1.97. The molecule has 0 bridgehead atoms. The Morgan fingerprint density at radius 2 is 2.12 bits per heavy atom. The number of pyridine rings is 1. The van der Waals surface area contributed by atoms with E-state index in [2.05, 4.69) is 11.9 Å². The first-order chi connectivity index (χ1) is 11.4. The third-order valence-corrected chi connectivity index (χ3v) is 5.32. The van der Waals surface area contributed by atoms with Crippen molar-refractivity contribution in [2.45, 2.75) is 33.1 Å². The highest BCUT2D eigenvalue weighted by atomic mass is 35.5. The lowest BCUT2D eigenvalue weighted by atomic mass is 10.0. The second kappa shape index (κ2) is 6.75. The Bertz CT molecular complexity index is 930. The van der Waals surface area contributed by atoms with E-state index in [4.69, 9.17) is 33.4 Å². The minimum absolute atomic E-state index is 0.154. The quantitative estimate of drug-likeness (QED) is 0.550. The summed E-state index contributed by atoms with van der Waals surface area (Å²) in [5.74, 6) is -0.0630. The maximum atomic E-state index is 11.7. The van der Waals surface area contributed by atoms with Crippen LogP contribution in [-0.2, 0) is 6.42 Å². The van der Waals surface area contributed by atoms with E-state index in [1.54, 1.807) is 6.07 Å². The SMILES string of the molecule is CCCCc1cc(-c2cc(Cl)sc2Cl)nc2oc(C(C)=O)c(N)c12. The molecule has 4 nitrogen and oxygen atoms in total. The van der Waals surface area contributed by atoms with Crippen LogP contribution in [0.2, 0.25) is 8.67 Å². The number of thiophene rings is 1. The maximum Gasteiger partial charge on any atom is 0.229 e. The Morgan fingerprint density at radius 1 is 1.38 bits per heavy atom. The van der Waals surface area contributed by atoms with Gasteiger partial charge in [0.15, 0.2) is 11.5 Å². The van der Waals surface area contributed by atoms with Gasteiger partial charge >= 0.3 is 0 Å². The third-order valence-electron chi connectivity index (χ3n) is 3.83. The summed E-state index contributed by atoms with van der Waals surface area (Å²) in [5, 5.41) is 0.717. The van der Waals surface area contributed by atoms with Crippen LogP contribution in [-0.4, -0.2) is 10.8 Å². The van der Waals surface area contributed by atoms with Gasteiger partial charge in [-0.1, -0.05) is 36.5 Å². The molecular weight excluding hydrogens is 367 g/mol. The molecule has 7 heteroatoms. The molecule has 3 aromatic rings. The summed E-state index contributed by atoms with van der Waals surface area (Å²) in [6.07, 6.45) is 2.86. The number of hydrogen-bond acceptors (Lipinski definition) is 5. The van der Waals surface area contributed by atoms with Gasteiger partial charge in [0, 0.05) is 12.5 Å². The number of anilines is 1. The van der Waals surface area contributed by atoms with Crippen LogP contribution >= 0.6 is 34.5 Å². The van der Waals surface area contributed by atoms with Gasteiger partial charge in [-0.2, -0.15) is 0 Å². The molecule has 126 valence electrons. The fourth-order valence-corrected chi connectivity index (χ4v) is 4.16. The first-order valence-corrected chi connectivity index (χ1v) is 9.17. The largest absolute Gasteiger partial charge is 0.432 e. The molecule has 3 heterocycles. The second-order valence-corrected chi connectivity index (χ2v) is 7.87. The molecule has 0 aliphatic carbocycles. The topological polar surface area (TPSA) is 69.1 Å². The number of nitrogens with zero attached hydrogens (tertiary/aromatic N) is 1. The number of aromatic nitrogens is 1. The smallest absolute Gasteiger partial charge is 0.229 e. The molecule has 0 saturated heterocycles. The average molecular weight is 383 g/mol. The molecule has 0 unspecified atom stereocenters. The summed E-state index contributed by atoms with van der Waals surface area (Å²) < 4.78 is 6.79. The third kappa shape index (κ3) is 3.04. The zero-order valence-corrected chi connectivity index (χ0v) is 15.6. The van der Waals surface area contributed by atoms with Crippen molar-refractivity contribution in [3.63, 3.8) is 0 Å². The molecule has 2 N–H and O–H groups in total. The predicted molar refractivity (Wildman–Crippen MR) is 100 cm³/mol. The number of Topliss-reactive ketones (excluding diaryl/α,β-unsaturated/α-hetero) is 1. The molecule has 0 radical (unpaired) electrons. The van der Waals surface area contributed by atoms with Crippen molar-refractivity contribution in [1.82, 2.24) is 4.98 Å². The van der Waals surface area contributed by atoms with Crippen LogP contribution < -0.4 is 5.73 Å². The summed E-state index contributed by atoms with van der Waals surface area (Å²) in [6, 6.07) is 3.74. The summed E-state index contributed by atoms with van der Waals surface area (Å²) in [7, 11) is 0. The summed E-state index contributed by atoms with van der Waals surface area (Å²) in [4.78, 5) is 16.3. The normalized spacial score (nSPS) is 11.3. The van der Waals surface area contributed by atoms with Gasteiger partial charge < -0.3 is 10.2 Å². The van der Waals surface area contributed by atoms with Gasteiger partial charge in [0.2, 0.25) is 5.71 Å². The Morgan fingerprint density at radius 3 is 2.71 bits per heavy atom. The van der Waals surface area contributed by atoms with Crippen LogP contribution in [0, 0.1) is 0 Å². The van der Waals surface area contributed by atoms with Crippen molar-refractivity contribution in [3.8, 4) is 11.3 Å². The van der Waals surface area contributed by atoms with Crippen molar-refractivity contribution in [3.05, 3.63) is 32.1 Å². The Kier molecular flexibility index (Phi) is 4.85. The Labute approximate surface area is 153 Å². The average Bonchev–Trinajstić information content (AvgIpc) is 3.04. The number of rotatable bonds is 5. The first-order valence-electron chi connectivity index (χ1n) is 7.60. The predicted octanol–water partition coefficient (Wildman–Crippen LogP) is 5.99. The molecule has 0 spiro atoms. The molecule has 0 aromatic carbocycles. The lowest BCUT2D eigenvalue weighted by Gasteiger charge is -2.06. The van der Waals surface area contributed by atoms with Crippen molar-refractivity contribution in [1.29, 1.82) is 0 Å². The molecular formula is C17H16Cl2N2O2S. The van der Waals surface area contributed by atoms with E-state index < -0.39 is 0 Å². The zero-order chi connectivity index (χ0) is 17.4. The maximum absolute atomic E-state index is 11.7. The van der Waals surface area contributed by atoms with Crippen LogP contribution in [0.3, 0.4) is 0 Å². The Hall–Kier alpha value is -1.56. The first kappa shape index (κ1) is 17.3. The van der Waals surface area contributed by atoms with Crippen molar-refractivity contribution in [2.75, 3.05) is 5.73 Å². The van der Waals surface area contributed by atoms with Gasteiger partial charge in [-0.3, -0.25) is 4.79 Å². The zero-order valence-electron chi connectivity index (χ0n) is 13.3. The van der Waals surface area contributed by atoms with Crippen LogP contribution in [0.25, 0.3) is 22.4 Å². The van der Waals surface area contributed by atoms with E-state index >= 15 is 0 Å². The van der Waals surface area contributed by atoms with Crippen LogP contribution in [0.5, 0.6) is 0 Å². The monoisotopic (exact) mass is 382 g/mol. The van der Waals surface area contributed by atoms with Crippen molar-refractivity contribution >= 4 is 57.1 Å². The number of hydrogen-bond donors (Lipinski definition) is 1. The minimum Gasteiger partial charge on any atom is -0.432 e. The van der Waals surface area contributed by atoms with Gasteiger partial charge in [-0.15, -0.1) is 11.3 Å². The number of furan rings is 1. The molecule has 0 saturated carbocycles. The van der Waals surface area contributed by atoms with E-state index in [9.17, 15) is 4.79 Å². The molecule has 24 heavy (non-hydrogen) atoms. The summed E-state index contributed by atoms with van der Waals surface area (Å²) in [5.41, 5.74) is 9.29. The number of aryl methyl sites for hydroxylation is 1. The number of nitrogen functional groups attached to an aromatic ring is 1. The lowest BCUT2D eigenvalue weighted by molar-refractivity contribution is 0.0990. The fraction of sp³-hybridized carbons (Fsp3) is 0.294. The number of fused-ring (bicyclic) bond motifs is 1. The van der Waals surface area contributed by atoms with Gasteiger partial charge in [-0.05, 0) is 30.5 Å². The van der Waals surface area contributed by atoms with Crippen LogP contribution in [0.1, 0.15) is 42.8 Å². The molecule has 0 aliphatic heterocycles. The van der Waals surface area contributed by atoms with E-state index in [1.165, 1.54) is 18.3 Å². The molecule has 3 rings (SSSR count). The van der Waals surface area contributed by atoms with Gasteiger partial charge in [0.25, 0.3) is 0 Å². The molecule has 0 atom stereocenters. The highest BCUT2D eigenvalue weighted by molar-refractivity contribution is 7.20. The highest BCUT2D eigenvalue weighted by Gasteiger charge is 2.21. The standard InChI is InChI=1S/C17H16Cl2N2O2S/c1-3-4-5-9-6-11(10-7-12(18)24-16(10)19)21-17-13(9)14(20)15(23-17)8(2)22/h6-7H,3-5,20H2,1-2H3. The van der Waals surface area contributed by atoms with E-state index in [-0.39, 0.29) is 11.5 Å². The number of unbranched alkanes of at least 4 members (excludes halogenated alkanes) is 1. The molecule has 0 amide bonds. The Balaban J connectivity index is 2.26. The van der Waals surface area contributed by atoms with Crippen LogP contribution in [0.15, 0.2) is 16.5 Å². The number of nitrogens with two attached hydrogens (primary N) is 1.